The molecular formula is C3H8ClNO4S. The zero-order valence-electron chi connectivity index (χ0n) is 5.46. The van der Waals surface area contributed by atoms with Crippen LogP contribution in [0.15, 0.2) is 0 Å². The quantitative estimate of drug-likeness (QED) is 0.416. The van der Waals surface area contributed by atoms with E-state index in [4.69, 9.17) is 4.55 Å². The summed E-state index contributed by atoms with van der Waals surface area (Å²) in [7, 11) is -0.864. The normalized spacial score (nSPS) is 9.60. The summed E-state index contributed by atoms with van der Waals surface area (Å²) in [5.74, 6) is 0. The van der Waals surface area contributed by atoms with E-state index >= 15 is 0 Å². The van der Waals surface area contributed by atoms with E-state index in [0.29, 0.717) is 0 Å². The molecule has 0 bridgehead atoms. The van der Waals surface area contributed by atoms with E-state index in [-0.39, 0.29) is 0 Å². The summed E-state index contributed by atoms with van der Waals surface area (Å²) in [5, 5.41) is 2.75. The fraction of sp³-hybridized carbons (Fsp3) is 0.667. The van der Waals surface area contributed by atoms with Crippen LogP contribution < -0.4 is 5.32 Å². The highest BCUT2D eigenvalue weighted by Crippen LogP contribution is 1.90. The number of hydrogen-bond donors (Lipinski definition) is 2. The van der Waals surface area contributed by atoms with Crippen molar-refractivity contribution in [2.45, 2.75) is 0 Å². The average molecular weight is 190 g/mol. The first-order valence-corrected chi connectivity index (χ1v) is 3.93. The van der Waals surface area contributed by atoms with Crippen LogP contribution in [0, 0.1) is 0 Å². The van der Waals surface area contributed by atoms with Gasteiger partial charge >= 0.3 is 14.7 Å². The van der Waals surface area contributed by atoms with Gasteiger partial charge in [-0.2, -0.15) is 8.42 Å². The lowest BCUT2D eigenvalue weighted by Crippen LogP contribution is -2.02. The molecule has 0 spiro atoms. The molecule has 0 aliphatic rings. The summed E-state index contributed by atoms with van der Waals surface area (Å²) in [6.45, 7) is 0. The second-order valence-electron chi connectivity index (χ2n) is 1.21. The third-order valence-corrected chi connectivity index (χ3v) is 1.19. The molecule has 7 heteroatoms. The molecule has 0 fully saturated rings. The Labute approximate surface area is 64.1 Å². The number of halogens is 1. The Kier molecular flexibility index (Phi) is 7.00. The lowest BCUT2D eigenvalue weighted by atomic mass is 11.3. The number of hydrogen-bond acceptors (Lipinski definition) is 4. The Morgan fingerprint density at radius 2 is 1.60 bits per heavy atom. The van der Waals surface area contributed by atoms with Gasteiger partial charge in [-0.15, -0.1) is 0 Å². The highest BCUT2D eigenvalue weighted by Gasteiger charge is 2.12. The minimum atomic E-state index is -4.61. The van der Waals surface area contributed by atoms with Gasteiger partial charge in [0.25, 0.3) is 0 Å². The van der Waals surface area contributed by atoms with E-state index < -0.39 is 14.7 Å². The standard InChI is InChI=1S/C2H7N.CHClO4S/c1-3-2;2-1(3)7(4,5)6/h3H,1-2H3;(H,4,5,6). The molecule has 0 aromatic heterocycles. The fourth-order valence-electron chi connectivity index (χ4n) is 0. The molecule has 0 unspecified atom stereocenters. The molecule has 0 aromatic carbocycles. The summed E-state index contributed by atoms with van der Waals surface area (Å²) in [4.78, 5) is 9.39. The van der Waals surface area contributed by atoms with Crippen LogP contribution in [0.25, 0.3) is 0 Å². The van der Waals surface area contributed by atoms with Crippen molar-refractivity contribution in [3.05, 3.63) is 0 Å². The molecule has 10 heavy (non-hydrogen) atoms. The second-order valence-corrected chi connectivity index (χ2v) is 3.10. The van der Waals surface area contributed by atoms with Gasteiger partial charge in [-0.25, -0.2) is 0 Å². The summed E-state index contributed by atoms with van der Waals surface area (Å²) in [6.07, 6.45) is 0. The van der Waals surface area contributed by atoms with E-state index in [1.54, 1.807) is 0 Å². The van der Waals surface area contributed by atoms with Crippen molar-refractivity contribution in [3.8, 4) is 0 Å². The van der Waals surface area contributed by atoms with Crippen molar-refractivity contribution >= 4 is 26.3 Å². The Bertz CT molecular complexity index is 187. The Balaban J connectivity index is 0. The molecule has 0 saturated carbocycles. The topological polar surface area (TPSA) is 83.5 Å². The van der Waals surface area contributed by atoms with E-state index in [1.165, 1.54) is 0 Å². The molecule has 0 aliphatic heterocycles. The summed E-state index contributed by atoms with van der Waals surface area (Å²) < 4.78 is 24.6. The first-order chi connectivity index (χ1) is 4.36. The molecule has 0 heterocycles. The second kappa shape index (κ2) is 5.60. The molecule has 0 saturated heterocycles. The summed E-state index contributed by atoms with van der Waals surface area (Å²) in [6, 6.07) is 0. The average Bonchev–Trinajstić information content (AvgIpc) is 1.64. The maximum absolute atomic E-state index is 9.41. The van der Waals surface area contributed by atoms with Crippen LogP contribution >= 0.6 is 11.6 Å². The van der Waals surface area contributed by atoms with Crippen LogP contribution in [0.4, 0.5) is 4.79 Å². The smallest absolute Gasteiger partial charge is 0.323 e. The number of carbonyl (C=O) groups is 1. The first kappa shape index (κ1) is 12.5. The van der Waals surface area contributed by atoms with Crippen molar-refractivity contribution in [1.82, 2.24) is 5.32 Å². The van der Waals surface area contributed by atoms with E-state index in [2.05, 4.69) is 16.9 Å². The van der Waals surface area contributed by atoms with Crippen LogP contribution in [0.1, 0.15) is 0 Å². The molecule has 5 nitrogen and oxygen atoms in total. The minimum absolute atomic E-state index is 1.76. The lowest BCUT2D eigenvalue weighted by molar-refractivity contribution is 0.271. The van der Waals surface area contributed by atoms with Gasteiger partial charge in [0.05, 0.1) is 0 Å². The molecule has 0 aromatic rings. The van der Waals surface area contributed by atoms with Crippen molar-refractivity contribution < 1.29 is 17.8 Å². The minimum Gasteiger partial charge on any atom is -0.323 e. The zero-order chi connectivity index (χ0) is 8.78. The van der Waals surface area contributed by atoms with Gasteiger partial charge < -0.3 is 5.32 Å². The molecular weight excluding hydrogens is 182 g/mol. The predicted molar refractivity (Wildman–Crippen MR) is 37.8 cm³/mol. The molecule has 0 amide bonds. The van der Waals surface area contributed by atoms with Gasteiger partial charge in [-0.1, -0.05) is 0 Å². The summed E-state index contributed by atoms with van der Waals surface area (Å²) in [5.41, 5.74) is 0. The maximum atomic E-state index is 9.41. The van der Waals surface area contributed by atoms with Gasteiger partial charge in [0, 0.05) is 0 Å². The molecule has 0 radical (unpaired) electrons. The predicted octanol–water partition coefficient (Wildman–Crippen LogP) is 0.0686. The Morgan fingerprint density at radius 3 is 1.60 bits per heavy atom. The highest BCUT2D eigenvalue weighted by atomic mass is 35.5. The van der Waals surface area contributed by atoms with Crippen LogP contribution in [-0.2, 0) is 10.1 Å². The van der Waals surface area contributed by atoms with Gasteiger partial charge in [0.1, 0.15) is 0 Å². The monoisotopic (exact) mass is 189 g/mol. The van der Waals surface area contributed by atoms with Gasteiger partial charge in [0.15, 0.2) is 0 Å². The van der Waals surface area contributed by atoms with Crippen molar-refractivity contribution in [3.63, 3.8) is 0 Å². The van der Waals surface area contributed by atoms with E-state index in [1.807, 2.05) is 14.1 Å². The summed E-state index contributed by atoms with van der Waals surface area (Å²) >= 11 is 4.28. The third-order valence-electron chi connectivity index (χ3n) is 0.203. The molecule has 0 atom stereocenters. The zero-order valence-corrected chi connectivity index (χ0v) is 7.03. The lowest BCUT2D eigenvalue weighted by Gasteiger charge is -1.77. The van der Waals surface area contributed by atoms with Crippen LogP contribution in [0.2, 0.25) is 0 Å². The Morgan fingerprint density at radius 1 is 1.50 bits per heavy atom. The molecule has 2 N–H and O–H groups in total. The van der Waals surface area contributed by atoms with E-state index in [9.17, 15) is 13.2 Å². The highest BCUT2D eigenvalue weighted by molar-refractivity contribution is 8.04. The fourth-order valence-corrected chi connectivity index (χ4v) is 0. The molecule has 0 rings (SSSR count). The van der Waals surface area contributed by atoms with Gasteiger partial charge in [-0.3, -0.25) is 9.35 Å². The first-order valence-electron chi connectivity index (χ1n) is 2.11. The van der Waals surface area contributed by atoms with Crippen LogP contribution in [0.3, 0.4) is 0 Å². The van der Waals surface area contributed by atoms with Crippen LogP contribution in [0.5, 0.6) is 0 Å². The number of nitrogens with one attached hydrogen (secondary N) is 1. The third kappa shape index (κ3) is 10.7. The van der Waals surface area contributed by atoms with E-state index in [0.717, 1.165) is 0 Å². The van der Waals surface area contributed by atoms with Crippen molar-refractivity contribution in [2.24, 2.45) is 0 Å². The van der Waals surface area contributed by atoms with Crippen LogP contribution in [-0.4, -0.2) is 31.6 Å². The SMILES string of the molecule is CNC.O=C(Cl)S(=O)(=O)O. The number of carbonyl (C=O) groups excluding carboxylic acids is 1. The van der Waals surface area contributed by atoms with Crippen molar-refractivity contribution in [2.75, 3.05) is 14.1 Å². The number of rotatable bonds is 0. The molecule has 62 valence electrons. The maximum Gasteiger partial charge on any atom is 0.363 e. The van der Waals surface area contributed by atoms with Gasteiger partial charge in [0.2, 0.25) is 0 Å². The largest absolute Gasteiger partial charge is 0.363 e. The van der Waals surface area contributed by atoms with Crippen molar-refractivity contribution in [1.29, 1.82) is 0 Å². The molecule has 0 aliphatic carbocycles. The van der Waals surface area contributed by atoms with Gasteiger partial charge in [-0.05, 0) is 25.7 Å². The Hall–Kier alpha value is -0.170.